The molecule has 2 aromatic heterocycles. The van der Waals surface area contributed by atoms with Gasteiger partial charge in [-0.15, -0.1) is 11.3 Å². The maximum Gasteiger partial charge on any atom is 0.325 e. The zero-order valence-electron chi connectivity index (χ0n) is 50.8. The molecule has 0 spiro atoms. The van der Waals surface area contributed by atoms with Gasteiger partial charge in [0.15, 0.2) is 5.13 Å². The Morgan fingerprint density at radius 3 is 2.30 bits per heavy atom. The molecule has 3 heterocycles. The minimum Gasteiger partial charge on any atom is -0.494 e. The van der Waals surface area contributed by atoms with E-state index in [0.717, 1.165) is 85.2 Å². The molecule has 468 valence electrons. The van der Waals surface area contributed by atoms with Crippen molar-refractivity contribution >= 4 is 69.2 Å². The first-order valence-corrected chi connectivity index (χ1v) is 30.7. The minimum absolute atomic E-state index is 0.00794. The lowest BCUT2D eigenvalue weighted by Crippen LogP contribution is -2.47. The van der Waals surface area contributed by atoms with E-state index < -0.39 is 6.03 Å². The van der Waals surface area contributed by atoms with Crippen LogP contribution >= 0.6 is 11.3 Å². The summed E-state index contributed by atoms with van der Waals surface area (Å²) < 4.78 is 28.9. The van der Waals surface area contributed by atoms with E-state index in [9.17, 15) is 19.2 Å². The number of aromatic nitrogens is 2. The number of hydrogen-bond acceptors (Lipinski definition) is 17. The fourth-order valence-electron chi connectivity index (χ4n) is 9.17. The number of allylic oxidation sites excluding steroid dienone is 2. The van der Waals surface area contributed by atoms with Gasteiger partial charge in [0, 0.05) is 87.0 Å². The van der Waals surface area contributed by atoms with Crippen LogP contribution in [-0.2, 0) is 41.4 Å². The molecule has 0 radical (unpaired) electrons. The third-order valence-electron chi connectivity index (χ3n) is 14.3. The number of carbonyl (C=O) groups excluding carboxylic acids is 4. The monoisotopic (exact) mass is 1210 g/mol. The molecule has 7 rings (SSSR count). The number of ether oxygens (including phenoxy) is 5. The lowest BCUT2D eigenvalue weighted by atomic mass is 10.0. The third kappa shape index (κ3) is 25.9. The molecule has 22 heteroatoms. The Balaban J connectivity index is 0.00000111. The number of aliphatic imine (C=N–C) groups is 1. The van der Waals surface area contributed by atoms with Crippen LogP contribution in [0, 0.1) is 0 Å². The van der Waals surface area contributed by atoms with Gasteiger partial charge in [0.1, 0.15) is 18.1 Å². The zero-order chi connectivity index (χ0) is 61.9. The van der Waals surface area contributed by atoms with Gasteiger partial charge in [-0.3, -0.25) is 29.7 Å². The second-order valence-corrected chi connectivity index (χ2v) is 21.9. The molecule has 1 saturated carbocycles. The van der Waals surface area contributed by atoms with Crippen LogP contribution in [0.25, 0.3) is 10.9 Å². The lowest BCUT2D eigenvalue weighted by molar-refractivity contribution is -0.134. The van der Waals surface area contributed by atoms with Gasteiger partial charge in [-0.2, -0.15) is 5.10 Å². The molecule has 1 atom stereocenters. The smallest absolute Gasteiger partial charge is 0.325 e. The molecule has 5 N–H and O–H groups in total. The molecule has 3 aromatic carbocycles. The van der Waals surface area contributed by atoms with Crippen molar-refractivity contribution in [3.05, 3.63) is 144 Å². The number of piperazine rings is 1. The predicted octanol–water partition coefficient (Wildman–Crippen LogP) is 8.36. The summed E-state index contributed by atoms with van der Waals surface area (Å²) in [6.07, 6.45) is 15.3. The van der Waals surface area contributed by atoms with Crippen molar-refractivity contribution < 1.29 is 42.9 Å². The standard InChI is InChI=1S/C57H77N11O8S.C8H11NO/c1-43(46-12-11-45-7-6-23-60-53(45)39-46)68(50-15-16-50)54(69)21-10-44-8-17-51(18-9-44)75-31-5-4-25-65(2)30-34-74-36-35-72-32-22-48(64-58)41-59-24-33-73-37-38-76-52-19-13-47(14-20-52)61-56(71)63-57-62-49(42-77-57)40-55(70)67-28-26-66(3)27-29-67;1-3-5-8(4-2)6-9-7-10/h6-9,11-14,17-20,23,39,41-43,50H,4-5,10,15-16,21-22,24-38,40,58H2,1-3H3,(H2,61,62,63,71);3-5,7H,1-2,6H2,(H,9,10)/b59-41?,64-48-;8-5+. The highest BCUT2D eigenvalue weighted by atomic mass is 32.1. The molecule has 87 heavy (non-hydrogen) atoms. The van der Waals surface area contributed by atoms with Crippen molar-refractivity contribution in [3.8, 4) is 11.5 Å². The van der Waals surface area contributed by atoms with Crippen LogP contribution in [0.5, 0.6) is 11.5 Å². The van der Waals surface area contributed by atoms with Crippen molar-refractivity contribution in [3.63, 3.8) is 0 Å². The number of hydrogen-bond donors (Lipinski definition) is 4. The molecular weight excluding hydrogens is 1120 g/mol. The summed E-state index contributed by atoms with van der Waals surface area (Å²) in [7, 11) is 4.15. The van der Waals surface area contributed by atoms with Crippen molar-refractivity contribution in [1.29, 1.82) is 0 Å². The first-order valence-electron chi connectivity index (χ1n) is 29.8. The van der Waals surface area contributed by atoms with Crippen LogP contribution in [0.3, 0.4) is 0 Å². The van der Waals surface area contributed by atoms with Crippen molar-refractivity contribution in [2.75, 3.05) is 130 Å². The number of aryl methyl sites for hydroxylation is 1. The van der Waals surface area contributed by atoms with Crippen LogP contribution in [0.15, 0.2) is 137 Å². The SMILES string of the molecule is C=C/C=C(\C=C)CNC=O.CC(c1ccc2cccnc2c1)N(C(=O)CCc1ccc(OCCCCN(C)CCOCCOCC/C(C=NCCOCCOc2ccc(NC(=O)Nc3nc(CC(=O)N4CCN(C)CC4)cs3)cc2)=N/N)cc1)C1CC1. The summed E-state index contributed by atoms with van der Waals surface area (Å²) in [6, 6.07) is 25.4. The summed E-state index contributed by atoms with van der Waals surface area (Å²) in [5.74, 6) is 7.31. The van der Waals surface area contributed by atoms with E-state index in [0.29, 0.717) is 139 Å². The van der Waals surface area contributed by atoms with Gasteiger partial charge < -0.3 is 59.8 Å². The number of hydrazone groups is 1. The molecular formula is C65H88N12O9S. The summed E-state index contributed by atoms with van der Waals surface area (Å²) in [6.45, 7) is 19.0. The average Bonchev–Trinajstić information content (AvgIpc) is 2.54. The number of nitrogens with two attached hydrogens (primary N) is 1. The summed E-state index contributed by atoms with van der Waals surface area (Å²) in [5, 5.41) is 15.2. The number of fused-ring (bicyclic) bond motifs is 1. The quantitative estimate of drug-likeness (QED) is 0.00726. The van der Waals surface area contributed by atoms with Crippen LogP contribution in [0.1, 0.15) is 68.3 Å². The Morgan fingerprint density at radius 2 is 1.57 bits per heavy atom. The number of unbranched alkanes of at least 4 members (excludes halogenated alkanes) is 1. The average molecular weight is 1210 g/mol. The molecule has 2 aliphatic rings. The van der Waals surface area contributed by atoms with Crippen LogP contribution in [0.2, 0.25) is 0 Å². The Labute approximate surface area is 516 Å². The van der Waals surface area contributed by atoms with E-state index in [1.165, 1.54) is 11.3 Å². The second kappa shape index (κ2) is 39.0. The molecule has 1 aliphatic heterocycles. The summed E-state index contributed by atoms with van der Waals surface area (Å²) >= 11 is 1.28. The van der Waals surface area contributed by atoms with E-state index in [4.69, 9.17) is 29.5 Å². The van der Waals surface area contributed by atoms with Gasteiger partial charge >= 0.3 is 6.03 Å². The number of nitrogens with zero attached hydrogens (tertiary/aromatic N) is 8. The fraction of sp³-hybridized carbons (Fsp3) is 0.446. The van der Waals surface area contributed by atoms with Crippen molar-refractivity contribution in [2.24, 2.45) is 15.9 Å². The number of rotatable bonds is 38. The predicted molar refractivity (Wildman–Crippen MR) is 346 cm³/mol. The van der Waals surface area contributed by atoms with Crippen LogP contribution < -0.4 is 31.3 Å². The van der Waals surface area contributed by atoms with Gasteiger partial charge in [0.05, 0.1) is 82.2 Å². The molecule has 21 nitrogen and oxygen atoms in total. The van der Waals surface area contributed by atoms with E-state index in [1.54, 1.807) is 54.1 Å². The maximum atomic E-state index is 13.5. The molecule has 1 aliphatic carbocycles. The largest absolute Gasteiger partial charge is 0.494 e. The topological polar surface area (TPSA) is 240 Å². The number of anilines is 2. The number of likely N-dealkylation sites (N-methyl/N-ethyl adjacent to an activating group) is 2. The molecule has 5 aromatic rings. The van der Waals surface area contributed by atoms with E-state index in [-0.39, 0.29) is 24.3 Å². The number of pyridine rings is 1. The third-order valence-corrected chi connectivity index (χ3v) is 15.1. The van der Waals surface area contributed by atoms with Gasteiger partial charge in [-0.1, -0.05) is 61.7 Å². The first kappa shape index (κ1) is 68.3. The highest BCUT2D eigenvalue weighted by molar-refractivity contribution is 7.14. The van der Waals surface area contributed by atoms with Crippen molar-refractivity contribution in [2.45, 2.75) is 70.4 Å². The van der Waals surface area contributed by atoms with Crippen LogP contribution in [-0.4, -0.2) is 191 Å². The number of benzene rings is 3. The van der Waals surface area contributed by atoms with E-state index in [1.807, 2.05) is 36.3 Å². The van der Waals surface area contributed by atoms with Crippen LogP contribution in [0.4, 0.5) is 15.6 Å². The number of thiazole rings is 1. The maximum absolute atomic E-state index is 13.5. The number of nitrogens with one attached hydrogen (secondary N) is 3. The lowest BCUT2D eigenvalue weighted by Gasteiger charge is -2.32. The number of carbonyl (C=O) groups is 4. The fourth-order valence-corrected chi connectivity index (χ4v) is 9.88. The Bertz CT molecular complexity index is 2980. The molecule has 0 bridgehead atoms. The van der Waals surface area contributed by atoms with Gasteiger partial charge in [0.2, 0.25) is 18.2 Å². The number of urea groups is 1. The number of amides is 5. The van der Waals surface area contributed by atoms with Gasteiger partial charge in [-0.25, -0.2) is 9.78 Å². The Morgan fingerprint density at radius 1 is 0.851 bits per heavy atom. The highest BCUT2D eigenvalue weighted by Gasteiger charge is 2.36. The summed E-state index contributed by atoms with van der Waals surface area (Å²) in [5.41, 5.74) is 6.03. The van der Waals surface area contributed by atoms with E-state index in [2.05, 4.69) is 114 Å². The minimum atomic E-state index is -0.428. The first-order chi connectivity index (χ1) is 42.4. The van der Waals surface area contributed by atoms with Gasteiger partial charge in [-0.05, 0) is 125 Å². The zero-order valence-corrected chi connectivity index (χ0v) is 51.6. The normalized spacial score (nSPS) is 14.0. The van der Waals surface area contributed by atoms with Crippen molar-refractivity contribution in [1.82, 2.24) is 34.9 Å². The van der Waals surface area contributed by atoms with Gasteiger partial charge in [0.25, 0.3) is 0 Å². The second-order valence-electron chi connectivity index (χ2n) is 21.0. The Hall–Kier alpha value is -7.86. The molecule has 1 saturated heterocycles. The molecule has 1 unspecified atom stereocenters. The highest BCUT2D eigenvalue weighted by Crippen LogP contribution is 2.36. The molecule has 2 fully saturated rings. The summed E-state index contributed by atoms with van der Waals surface area (Å²) in [4.78, 5) is 70.3. The Kier molecular flexibility index (Phi) is 30.6. The molecule has 5 amide bonds. The van der Waals surface area contributed by atoms with E-state index >= 15 is 0 Å².